The summed E-state index contributed by atoms with van der Waals surface area (Å²) >= 11 is 0. The van der Waals surface area contributed by atoms with Crippen molar-refractivity contribution in [1.82, 2.24) is 0 Å². The Hall–Kier alpha value is -1.69. The molecule has 0 aliphatic carbocycles. The van der Waals surface area contributed by atoms with Crippen LogP contribution >= 0.6 is 0 Å². The van der Waals surface area contributed by atoms with Crippen molar-refractivity contribution in [1.29, 1.82) is 0 Å². The van der Waals surface area contributed by atoms with Crippen LogP contribution in [0.2, 0.25) is 0 Å². The van der Waals surface area contributed by atoms with Gasteiger partial charge in [-0.05, 0) is 27.6 Å². The van der Waals surface area contributed by atoms with Crippen LogP contribution in [0.1, 0.15) is 0 Å². The first-order valence-corrected chi connectivity index (χ1v) is 8.84. The van der Waals surface area contributed by atoms with Crippen LogP contribution in [0.25, 0.3) is 21.5 Å². The van der Waals surface area contributed by atoms with Gasteiger partial charge in [0.05, 0.1) is 4.90 Å². The summed E-state index contributed by atoms with van der Waals surface area (Å²) in [6.45, 7) is 0. The molecule has 0 bridgehead atoms. The summed E-state index contributed by atoms with van der Waals surface area (Å²) in [7, 11) is -4.38. The second kappa shape index (κ2) is 8.61. The number of rotatable bonds is 1. The van der Waals surface area contributed by atoms with Crippen LogP contribution in [-0.4, -0.2) is 13.0 Å². The predicted octanol–water partition coefficient (Wildman–Crippen LogP) is 1.59. The Morgan fingerprint density at radius 2 is 0.960 bits per heavy atom. The Bertz CT molecular complexity index is 1020. The molecule has 25 heavy (non-hydrogen) atoms. The van der Waals surface area contributed by atoms with E-state index in [2.05, 4.69) is 48.5 Å². The predicted molar refractivity (Wildman–Crippen MR) is 95.9 cm³/mol. The molecule has 0 radical (unpaired) electrons. The first-order chi connectivity index (χ1) is 11.6. The van der Waals surface area contributed by atoms with Gasteiger partial charge in [0.15, 0.2) is 0 Å². The quantitative estimate of drug-likeness (QED) is 0.384. The summed E-state index contributed by atoms with van der Waals surface area (Å²) in [4.78, 5) is -0.157. The van der Waals surface area contributed by atoms with E-state index in [1.54, 1.807) is 36.4 Å². The van der Waals surface area contributed by atoms with Gasteiger partial charge in [0, 0.05) is 0 Å². The molecule has 0 atom stereocenters. The van der Waals surface area contributed by atoms with Crippen LogP contribution in [0, 0.1) is 0 Å². The van der Waals surface area contributed by atoms with Gasteiger partial charge in [-0.2, -0.15) is 0 Å². The Balaban J connectivity index is 0.000000182. The summed E-state index contributed by atoms with van der Waals surface area (Å²) < 4.78 is 32.7. The molecule has 0 fully saturated rings. The van der Waals surface area contributed by atoms with E-state index in [1.807, 2.05) is 0 Å². The molecule has 0 heterocycles. The maximum atomic E-state index is 10.9. The number of fused-ring (bicyclic) bond motifs is 2. The minimum absolute atomic E-state index is 0. The van der Waals surface area contributed by atoms with E-state index >= 15 is 0 Å². The molecule has 4 aromatic carbocycles. The van der Waals surface area contributed by atoms with Crippen molar-refractivity contribution in [3.05, 3.63) is 91.0 Å². The Morgan fingerprint density at radius 3 is 1.44 bits per heavy atom. The van der Waals surface area contributed by atoms with E-state index < -0.39 is 10.1 Å². The standard InChI is InChI=1S/C10H8O3S.C10H8.Na/c11-14(12,13)10-7-3-5-8-4-1-2-6-9(8)10;1-2-6-10-8-4-3-7-9(10)5-1;/h1-7H,(H,11,12,13);1-8H;/q;;+1/p-1. The minimum Gasteiger partial charge on any atom is -0.744 e. The largest absolute Gasteiger partial charge is 1.00 e. The van der Waals surface area contributed by atoms with Gasteiger partial charge < -0.3 is 4.55 Å². The summed E-state index contributed by atoms with van der Waals surface area (Å²) in [5.74, 6) is 0. The van der Waals surface area contributed by atoms with Crippen molar-refractivity contribution in [2.45, 2.75) is 4.90 Å². The third-order valence-corrected chi connectivity index (χ3v) is 4.57. The molecule has 0 aromatic heterocycles. The molecular weight excluding hydrogens is 343 g/mol. The zero-order chi connectivity index (χ0) is 17.0. The van der Waals surface area contributed by atoms with E-state index in [1.165, 1.54) is 16.8 Å². The van der Waals surface area contributed by atoms with Crippen LogP contribution in [0.3, 0.4) is 0 Å². The molecule has 120 valence electrons. The first-order valence-electron chi connectivity index (χ1n) is 7.43. The van der Waals surface area contributed by atoms with Crippen LogP contribution < -0.4 is 29.6 Å². The van der Waals surface area contributed by atoms with Crippen molar-refractivity contribution in [3.8, 4) is 0 Å². The molecule has 0 N–H and O–H groups in total. The zero-order valence-corrected chi connectivity index (χ0v) is 16.6. The second-order valence-electron chi connectivity index (χ2n) is 5.28. The average molecular weight is 358 g/mol. The zero-order valence-electron chi connectivity index (χ0n) is 13.8. The summed E-state index contributed by atoms with van der Waals surface area (Å²) in [5, 5.41) is 3.85. The molecule has 0 spiro atoms. The monoisotopic (exact) mass is 358 g/mol. The molecule has 4 aromatic rings. The fourth-order valence-corrected chi connectivity index (χ4v) is 3.25. The van der Waals surface area contributed by atoms with Gasteiger partial charge in [0.2, 0.25) is 0 Å². The van der Waals surface area contributed by atoms with E-state index in [9.17, 15) is 13.0 Å². The van der Waals surface area contributed by atoms with Crippen LogP contribution in [0.4, 0.5) is 0 Å². The van der Waals surface area contributed by atoms with Crippen LogP contribution in [0.5, 0.6) is 0 Å². The minimum atomic E-state index is -4.38. The number of hydrogen-bond donors (Lipinski definition) is 0. The van der Waals surface area contributed by atoms with Crippen LogP contribution in [0.15, 0.2) is 95.9 Å². The van der Waals surface area contributed by atoms with Crippen molar-refractivity contribution in [3.63, 3.8) is 0 Å². The second-order valence-corrected chi connectivity index (χ2v) is 6.63. The van der Waals surface area contributed by atoms with Crippen molar-refractivity contribution >= 4 is 31.7 Å². The Morgan fingerprint density at radius 1 is 0.560 bits per heavy atom. The third kappa shape index (κ3) is 4.91. The van der Waals surface area contributed by atoms with Gasteiger partial charge in [-0.15, -0.1) is 0 Å². The van der Waals surface area contributed by atoms with E-state index in [-0.39, 0.29) is 34.5 Å². The Kier molecular flexibility index (Phi) is 6.76. The van der Waals surface area contributed by atoms with E-state index in [0.717, 1.165) is 5.39 Å². The molecule has 0 unspecified atom stereocenters. The van der Waals surface area contributed by atoms with Crippen molar-refractivity contribution < 1.29 is 42.5 Å². The smallest absolute Gasteiger partial charge is 0.744 e. The van der Waals surface area contributed by atoms with Gasteiger partial charge in [-0.25, -0.2) is 8.42 Å². The maximum Gasteiger partial charge on any atom is 1.00 e. The van der Waals surface area contributed by atoms with E-state index in [0.29, 0.717) is 5.39 Å². The maximum absolute atomic E-state index is 10.9. The summed E-state index contributed by atoms with van der Waals surface area (Å²) in [5.41, 5.74) is 0. The third-order valence-electron chi connectivity index (χ3n) is 3.68. The van der Waals surface area contributed by atoms with Crippen molar-refractivity contribution in [2.75, 3.05) is 0 Å². The molecule has 0 amide bonds. The van der Waals surface area contributed by atoms with Gasteiger partial charge in [0.1, 0.15) is 10.1 Å². The topological polar surface area (TPSA) is 57.2 Å². The van der Waals surface area contributed by atoms with Gasteiger partial charge in [-0.3, -0.25) is 0 Å². The fraction of sp³-hybridized carbons (Fsp3) is 0. The van der Waals surface area contributed by atoms with Crippen LogP contribution in [-0.2, 0) is 10.1 Å². The number of hydrogen-bond acceptors (Lipinski definition) is 3. The molecule has 0 aliphatic heterocycles. The van der Waals surface area contributed by atoms with Crippen molar-refractivity contribution in [2.24, 2.45) is 0 Å². The molecule has 0 saturated heterocycles. The summed E-state index contributed by atoms with van der Waals surface area (Å²) in [6, 6.07) is 28.3. The molecular formula is C20H15NaO3S. The molecule has 5 heteroatoms. The fourth-order valence-electron chi connectivity index (χ4n) is 2.55. The SMILES string of the molecule is O=S(=O)([O-])c1cccc2ccccc12.[Na+].c1ccc2ccccc2c1. The first kappa shape index (κ1) is 19.6. The average Bonchev–Trinajstić information content (AvgIpc) is 2.61. The normalized spacial score (nSPS) is 10.6. The van der Waals surface area contributed by atoms with Gasteiger partial charge in [-0.1, -0.05) is 84.9 Å². The molecule has 3 nitrogen and oxygen atoms in total. The number of benzene rings is 4. The summed E-state index contributed by atoms with van der Waals surface area (Å²) in [6.07, 6.45) is 0. The molecule has 4 rings (SSSR count). The molecule has 0 aliphatic rings. The Labute approximate surface area is 169 Å². The van der Waals surface area contributed by atoms with Gasteiger partial charge >= 0.3 is 29.6 Å². The molecule has 0 saturated carbocycles. The van der Waals surface area contributed by atoms with E-state index in [4.69, 9.17) is 0 Å². The van der Waals surface area contributed by atoms with Gasteiger partial charge in [0.25, 0.3) is 0 Å².